The van der Waals surface area contributed by atoms with Gasteiger partial charge in [0.2, 0.25) is 0 Å². The number of benzene rings is 1. The number of alkyl halides is 3. The molecule has 20 heavy (non-hydrogen) atoms. The molecule has 7 heteroatoms. The molecule has 0 spiro atoms. The van der Waals surface area contributed by atoms with Crippen molar-refractivity contribution in [2.75, 3.05) is 11.1 Å². The number of halogens is 4. The molecule has 0 saturated carbocycles. The third-order valence-electron chi connectivity index (χ3n) is 2.41. The summed E-state index contributed by atoms with van der Waals surface area (Å²) >= 11 is 4.09. The summed E-state index contributed by atoms with van der Waals surface area (Å²) < 4.78 is 42.9. The Balaban J connectivity index is 2.02. The van der Waals surface area contributed by atoms with Crippen LogP contribution < -0.4 is 5.32 Å². The van der Waals surface area contributed by atoms with E-state index in [1.54, 1.807) is 36.6 Å². The number of anilines is 1. The Hall–Kier alpha value is -1.08. The highest BCUT2D eigenvalue weighted by molar-refractivity contribution is 9.10. The highest BCUT2D eigenvalue weighted by Crippen LogP contribution is 2.32. The van der Waals surface area contributed by atoms with Gasteiger partial charge in [-0.1, -0.05) is 12.1 Å². The molecule has 2 rings (SSSR count). The minimum Gasteiger partial charge on any atom is -0.466 e. The summed E-state index contributed by atoms with van der Waals surface area (Å²) in [4.78, 5) is 0.563. The number of rotatable bonds is 5. The lowest BCUT2D eigenvalue weighted by Gasteiger charge is -2.12. The van der Waals surface area contributed by atoms with Crippen molar-refractivity contribution in [3.8, 4) is 0 Å². The predicted molar refractivity (Wildman–Crippen MR) is 77.0 cm³/mol. The molecule has 0 unspecified atom stereocenters. The molecular formula is C13H11BrF3NOS. The van der Waals surface area contributed by atoms with Crippen LogP contribution in [0.1, 0.15) is 5.76 Å². The standard InChI is InChI=1S/C13H11BrF3NOS/c14-9-5-6-19-11(9)7-18-10-3-1-2-4-12(10)20-8-13(15,16)17/h1-6,18H,7-8H2. The van der Waals surface area contributed by atoms with Gasteiger partial charge >= 0.3 is 6.18 Å². The van der Waals surface area contributed by atoms with Crippen LogP contribution in [0.4, 0.5) is 18.9 Å². The molecule has 0 saturated heterocycles. The number of hydrogen-bond donors (Lipinski definition) is 1. The van der Waals surface area contributed by atoms with Crippen LogP contribution in [-0.2, 0) is 6.54 Å². The van der Waals surface area contributed by atoms with Crippen LogP contribution >= 0.6 is 27.7 Å². The van der Waals surface area contributed by atoms with E-state index in [1.807, 2.05) is 0 Å². The maximum absolute atomic E-state index is 12.3. The molecule has 0 aliphatic rings. The minimum absolute atomic E-state index is 0.400. The SMILES string of the molecule is FC(F)(F)CSc1ccccc1NCc1occc1Br. The molecule has 108 valence electrons. The van der Waals surface area contributed by atoms with Crippen molar-refractivity contribution in [1.29, 1.82) is 0 Å². The van der Waals surface area contributed by atoms with Crippen molar-refractivity contribution < 1.29 is 17.6 Å². The van der Waals surface area contributed by atoms with Crippen LogP contribution in [0.5, 0.6) is 0 Å². The van der Waals surface area contributed by atoms with Crippen molar-refractivity contribution in [1.82, 2.24) is 0 Å². The first-order chi connectivity index (χ1) is 9.46. The van der Waals surface area contributed by atoms with Crippen LogP contribution in [0.25, 0.3) is 0 Å². The van der Waals surface area contributed by atoms with Crippen LogP contribution in [0.2, 0.25) is 0 Å². The normalized spacial score (nSPS) is 11.6. The Bertz CT molecular complexity index is 571. The Morgan fingerprint density at radius 2 is 1.95 bits per heavy atom. The van der Waals surface area contributed by atoms with Crippen molar-refractivity contribution in [3.63, 3.8) is 0 Å². The average molecular weight is 366 g/mol. The van der Waals surface area contributed by atoms with Gasteiger partial charge in [-0.25, -0.2) is 0 Å². The van der Waals surface area contributed by atoms with Crippen LogP contribution in [0, 0.1) is 0 Å². The fourth-order valence-corrected chi connectivity index (χ4v) is 2.66. The van der Waals surface area contributed by atoms with Gasteiger partial charge < -0.3 is 9.73 Å². The first-order valence-electron chi connectivity index (χ1n) is 5.70. The lowest BCUT2D eigenvalue weighted by Crippen LogP contribution is -2.11. The summed E-state index contributed by atoms with van der Waals surface area (Å²) in [6.07, 6.45) is -2.63. The van der Waals surface area contributed by atoms with Gasteiger partial charge in [0.15, 0.2) is 0 Å². The Morgan fingerprint density at radius 3 is 2.60 bits per heavy atom. The van der Waals surface area contributed by atoms with Gasteiger partial charge in [0, 0.05) is 10.6 Å². The zero-order valence-corrected chi connectivity index (χ0v) is 12.6. The Kier molecular flexibility index (Phi) is 5.04. The minimum atomic E-state index is -4.18. The summed E-state index contributed by atoms with van der Waals surface area (Å²) in [6.45, 7) is 0.400. The summed E-state index contributed by atoms with van der Waals surface area (Å²) in [5.41, 5.74) is 0.657. The van der Waals surface area contributed by atoms with E-state index < -0.39 is 11.9 Å². The van der Waals surface area contributed by atoms with Gasteiger partial charge in [0.1, 0.15) is 5.76 Å². The zero-order valence-electron chi connectivity index (χ0n) is 10.2. The number of furan rings is 1. The third-order valence-corrected chi connectivity index (χ3v) is 4.25. The summed E-state index contributed by atoms with van der Waals surface area (Å²) in [7, 11) is 0. The zero-order chi connectivity index (χ0) is 14.6. The fraction of sp³-hybridized carbons (Fsp3) is 0.231. The quantitative estimate of drug-likeness (QED) is 0.727. The van der Waals surface area contributed by atoms with Gasteiger partial charge in [-0.15, -0.1) is 11.8 Å². The topological polar surface area (TPSA) is 25.2 Å². The maximum atomic E-state index is 12.3. The van der Waals surface area contributed by atoms with Gasteiger partial charge in [-0.2, -0.15) is 13.2 Å². The average Bonchev–Trinajstić information content (AvgIpc) is 2.79. The molecule has 0 fully saturated rings. The Morgan fingerprint density at radius 1 is 1.20 bits per heavy atom. The van der Waals surface area contributed by atoms with E-state index >= 15 is 0 Å². The van der Waals surface area contributed by atoms with Crippen LogP contribution in [0.3, 0.4) is 0 Å². The second kappa shape index (κ2) is 6.58. The van der Waals surface area contributed by atoms with Crippen molar-refractivity contribution in [3.05, 3.63) is 46.8 Å². The molecule has 1 heterocycles. The second-order valence-electron chi connectivity index (χ2n) is 3.95. The van der Waals surface area contributed by atoms with E-state index in [2.05, 4.69) is 21.2 Å². The number of para-hydroxylation sites is 1. The molecule has 1 aromatic carbocycles. The lowest BCUT2D eigenvalue weighted by molar-refractivity contribution is -0.105. The van der Waals surface area contributed by atoms with Gasteiger partial charge in [-0.3, -0.25) is 0 Å². The van der Waals surface area contributed by atoms with Crippen molar-refractivity contribution >= 4 is 33.4 Å². The molecule has 0 radical (unpaired) electrons. The second-order valence-corrected chi connectivity index (χ2v) is 5.82. The van der Waals surface area contributed by atoms with Gasteiger partial charge in [0.05, 0.1) is 23.0 Å². The number of hydrogen-bond acceptors (Lipinski definition) is 3. The number of nitrogens with one attached hydrogen (secondary N) is 1. The van der Waals surface area contributed by atoms with Crippen LogP contribution in [-0.4, -0.2) is 11.9 Å². The van der Waals surface area contributed by atoms with E-state index in [-0.39, 0.29) is 0 Å². The molecule has 1 N–H and O–H groups in total. The van der Waals surface area contributed by atoms with E-state index in [0.29, 0.717) is 22.9 Å². The highest BCUT2D eigenvalue weighted by atomic mass is 79.9. The first-order valence-corrected chi connectivity index (χ1v) is 7.48. The fourth-order valence-electron chi connectivity index (χ4n) is 1.52. The van der Waals surface area contributed by atoms with E-state index in [1.165, 1.54) is 0 Å². The Labute approximate surface area is 126 Å². The third kappa shape index (κ3) is 4.49. The molecular weight excluding hydrogens is 355 g/mol. The smallest absolute Gasteiger partial charge is 0.398 e. The highest BCUT2D eigenvalue weighted by Gasteiger charge is 2.27. The number of thioether (sulfide) groups is 1. The molecule has 2 nitrogen and oxygen atoms in total. The summed E-state index contributed by atoms with van der Waals surface area (Å²) in [6, 6.07) is 8.66. The van der Waals surface area contributed by atoms with E-state index in [9.17, 15) is 13.2 Å². The molecule has 1 aromatic heterocycles. The van der Waals surface area contributed by atoms with E-state index in [0.717, 1.165) is 16.2 Å². The molecule has 0 atom stereocenters. The predicted octanol–water partition coefficient (Wildman–Crippen LogP) is 5.31. The molecule has 0 amide bonds. The van der Waals surface area contributed by atoms with Gasteiger partial charge in [0.25, 0.3) is 0 Å². The van der Waals surface area contributed by atoms with Crippen molar-refractivity contribution in [2.45, 2.75) is 17.6 Å². The lowest BCUT2D eigenvalue weighted by atomic mass is 10.3. The first kappa shape index (κ1) is 15.3. The summed E-state index contributed by atoms with van der Waals surface area (Å²) in [5, 5.41) is 3.08. The maximum Gasteiger partial charge on any atom is 0.398 e. The van der Waals surface area contributed by atoms with Gasteiger partial charge in [-0.05, 0) is 34.1 Å². The van der Waals surface area contributed by atoms with Crippen molar-refractivity contribution in [2.24, 2.45) is 0 Å². The molecule has 0 aliphatic carbocycles. The molecule has 2 aromatic rings. The molecule has 0 bridgehead atoms. The monoisotopic (exact) mass is 365 g/mol. The molecule has 0 aliphatic heterocycles. The van der Waals surface area contributed by atoms with Crippen LogP contribution in [0.15, 0.2) is 50.4 Å². The summed E-state index contributed by atoms with van der Waals surface area (Å²) in [5.74, 6) is -0.212. The van der Waals surface area contributed by atoms with E-state index in [4.69, 9.17) is 4.42 Å². The largest absolute Gasteiger partial charge is 0.466 e.